The highest BCUT2D eigenvalue weighted by Crippen LogP contribution is 2.15. The molecule has 0 aromatic heterocycles. The molecule has 6 nitrogen and oxygen atoms in total. The van der Waals surface area contributed by atoms with E-state index in [9.17, 15) is 14.4 Å². The number of hydrogen-bond donors (Lipinski definition) is 3. The first-order chi connectivity index (χ1) is 8.56. The lowest BCUT2D eigenvalue weighted by molar-refractivity contribution is -0.131. The van der Waals surface area contributed by atoms with Crippen LogP contribution in [0.1, 0.15) is 6.42 Å². The molecule has 0 saturated carbocycles. The minimum Gasteiger partial charge on any atom is -0.326 e. The van der Waals surface area contributed by atoms with Gasteiger partial charge in [-0.15, -0.1) is 0 Å². The van der Waals surface area contributed by atoms with Crippen LogP contribution in [0.2, 0.25) is 0 Å². The quantitative estimate of drug-likeness (QED) is 0.713. The Morgan fingerprint density at radius 2 is 1.72 bits per heavy atom. The number of carbonyl (C=O) groups is 3. The Balaban J connectivity index is 1.94. The van der Waals surface area contributed by atoms with Crippen LogP contribution in [-0.2, 0) is 14.4 Å². The predicted octanol–water partition coefficient (Wildman–Crippen LogP) is 0.555. The number of carbonyl (C=O) groups excluding carboxylic acids is 3. The predicted molar refractivity (Wildman–Crippen MR) is 67.2 cm³/mol. The van der Waals surface area contributed by atoms with E-state index >= 15 is 0 Å². The van der Waals surface area contributed by atoms with Crippen LogP contribution in [0.5, 0.6) is 0 Å². The van der Waals surface area contributed by atoms with Gasteiger partial charge in [0.2, 0.25) is 5.91 Å². The third-order valence-corrected chi connectivity index (χ3v) is 2.99. The Kier molecular flexibility index (Phi) is 3.61. The summed E-state index contributed by atoms with van der Waals surface area (Å²) in [7, 11) is 0. The number of halogens is 1. The van der Waals surface area contributed by atoms with Gasteiger partial charge in [-0.1, -0.05) is 15.9 Å². The molecule has 0 radical (unpaired) electrons. The molecular formula is C11H10BrN3O3. The number of amides is 3. The van der Waals surface area contributed by atoms with E-state index in [4.69, 9.17) is 0 Å². The summed E-state index contributed by atoms with van der Waals surface area (Å²) >= 11 is 3.28. The Bertz CT molecular complexity index is 485. The molecule has 0 spiro atoms. The van der Waals surface area contributed by atoms with E-state index in [-0.39, 0.29) is 12.3 Å². The molecule has 0 aliphatic carbocycles. The molecule has 0 bridgehead atoms. The van der Waals surface area contributed by atoms with E-state index in [1.165, 1.54) is 0 Å². The van der Waals surface area contributed by atoms with Gasteiger partial charge in [-0.25, -0.2) is 0 Å². The molecule has 1 aliphatic rings. The molecule has 3 amide bonds. The fourth-order valence-corrected chi connectivity index (χ4v) is 1.80. The van der Waals surface area contributed by atoms with Crippen molar-refractivity contribution in [2.45, 2.75) is 6.42 Å². The Morgan fingerprint density at radius 1 is 1.17 bits per heavy atom. The van der Waals surface area contributed by atoms with Crippen molar-refractivity contribution in [2.75, 3.05) is 5.32 Å². The van der Waals surface area contributed by atoms with Crippen molar-refractivity contribution in [3.8, 4) is 0 Å². The molecule has 7 heteroatoms. The van der Waals surface area contributed by atoms with E-state index < -0.39 is 17.7 Å². The van der Waals surface area contributed by atoms with Crippen LogP contribution in [0.15, 0.2) is 28.7 Å². The van der Waals surface area contributed by atoms with Gasteiger partial charge in [0.1, 0.15) is 5.92 Å². The third-order valence-electron chi connectivity index (χ3n) is 2.46. The van der Waals surface area contributed by atoms with Crippen molar-refractivity contribution in [1.82, 2.24) is 10.9 Å². The molecule has 94 valence electrons. The average molecular weight is 312 g/mol. The van der Waals surface area contributed by atoms with Crippen molar-refractivity contribution in [1.29, 1.82) is 0 Å². The smallest absolute Gasteiger partial charge is 0.251 e. The summed E-state index contributed by atoms with van der Waals surface area (Å²) in [6, 6.07) is 7.00. The summed E-state index contributed by atoms with van der Waals surface area (Å²) in [6.07, 6.45) is -0.173. The molecule has 1 fully saturated rings. The lowest BCUT2D eigenvalue weighted by atomic mass is 10.1. The van der Waals surface area contributed by atoms with Gasteiger partial charge < -0.3 is 5.32 Å². The average Bonchev–Trinajstić information content (AvgIpc) is 2.64. The molecule has 0 unspecified atom stereocenters. The van der Waals surface area contributed by atoms with Gasteiger partial charge in [0.15, 0.2) is 0 Å². The second kappa shape index (κ2) is 5.18. The molecule has 1 aromatic rings. The molecule has 1 heterocycles. The van der Waals surface area contributed by atoms with Crippen molar-refractivity contribution < 1.29 is 14.4 Å². The van der Waals surface area contributed by atoms with Crippen LogP contribution < -0.4 is 16.2 Å². The number of hydrogen-bond acceptors (Lipinski definition) is 3. The molecular weight excluding hydrogens is 302 g/mol. The molecule has 1 aliphatic heterocycles. The second-order valence-electron chi connectivity index (χ2n) is 3.79. The van der Waals surface area contributed by atoms with E-state index in [0.29, 0.717) is 5.69 Å². The van der Waals surface area contributed by atoms with Crippen LogP contribution in [0.4, 0.5) is 5.69 Å². The van der Waals surface area contributed by atoms with Crippen molar-refractivity contribution in [2.24, 2.45) is 5.92 Å². The number of nitrogens with one attached hydrogen (secondary N) is 3. The van der Waals surface area contributed by atoms with Crippen molar-refractivity contribution in [3.63, 3.8) is 0 Å². The van der Waals surface area contributed by atoms with Gasteiger partial charge in [0.25, 0.3) is 11.8 Å². The SMILES string of the molecule is O=C(CC1C(=O)NNC1=O)Nc1ccc(Br)cc1. The van der Waals surface area contributed by atoms with Gasteiger partial charge in [0, 0.05) is 16.6 Å². The number of benzene rings is 1. The van der Waals surface area contributed by atoms with E-state index in [2.05, 4.69) is 32.1 Å². The first-order valence-corrected chi connectivity index (χ1v) is 6.00. The lowest BCUT2D eigenvalue weighted by Crippen LogP contribution is -2.28. The number of anilines is 1. The highest BCUT2D eigenvalue weighted by Gasteiger charge is 2.34. The highest BCUT2D eigenvalue weighted by molar-refractivity contribution is 9.10. The van der Waals surface area contributed by atoms with Gasteiger partial charge in [-0.3, -0.25) is 25.2 Å². The van der Waals surface area contributed by atoms with Crippen molar-refractivity contribution >= 4 is 39.3 Å². The Hall–Kier alpha value is -1.89. The summed E-state index contributed by atoms with van der Waals surface area (Å²) in [5.41, 5.74) is 4.96. The van der Waals surface area contributed by atoms with Crippen LogP contribution in [0.25, 0.3) is 0 Å². The summed E-state index contributed by atoms with van der Waals surface area (Å²) in [4.78, 5) is 34.1. The molecule has 0 atom stereocenters. The zero-order chi connectivity index (χ0) is 13.1. The van der Waals surface area contributed by atoms with Crippen LogP contribution in [0.3, 0.4) is 0 Å². The maximum Gasteiger partial charge on any atom is 0.251 e. The van der Waals surface area contributed by atoms with Crippen LogP contribution in [-0.4, -0.2) is 17.7 Å². The van der Waals surface area contributed by atoms with Crippen LogP contribution >= 0.6 is 15.9 Å². The first kappa shape index (κ1) is 12.6. The Morgan fingerprint density at radius 3 is 2.28 bits per heavy atom. The summed E-state index contributed by atoms with van der Waals surface area (Å²) in [5.74, 6) is -2.30. The molecule has 18 heavy (non-hydrogen) atoms. The standard InChI is InChI=1S/C11H10BrN3O3/c12-6-1-3-7(4-2-6)13-9(16)5-8-10(17)14-15-11(8)18/h1-4,8H,5H2,(H,13,16)(H,14,17)(H,15,18). The summed E-state index contributed by atoms with van der Waals surface area (Å²) in [6.45, 7) is 0. The van der Waals surface area contributed by atoms with Gasteiger partial charge in [-0.05, 0) is 24.3 Å². The fourth-order valence-electron chi connectivity index (χ4n) is 1.53. The monoisotopic (exact) mass is 311 g/mol. The lowest BCUT2D eigenvalue weighted by Gasteiger charge is -2.06. The van der Waals surface area contributed by atoms with Gasteiger partial charge in [0.05, 0.1) is 0 Å². The van der Waals surface area contributed by atoms with Crippen molar-refractivity contribution in [3.05, 3.63) is 28.7 Å². The first-order valence-electron chi connectivity index (χ1n) is 5.21. The molecule has 2 rings (SSSR count). The number of hydrazine groups is 1. The minimum absolute atomic E-state index is 0.173. The molecule has 1 saturated heterocycles. The summed E-state index contributed by atoms with van der Waals surface area (Å²) < 4.78 is 0.898. The van der Waals surface area contributed by atoms with Crippen LogP contribution in [0, 0.1) is 5.92 Å². The highest BCUT2D eigenvalue weighted by atomic mass is 79.9. The maximum atomic E-state index is 11.7. The Labute approximate surface area is 111 Å². The third kappa shape index (κ3) is 2.86. The van der Waals surface area contributed by atoms with Gasteiger partial charge >= 0.3 is 0 Å². The summed E-state index contributed by atoms with van der Waals surface area (Å²) in [5, 5.41) is 2.62. The molecule has 3 N–H and O–H groups in total. The normalized spacial score (nSPS) is 15.2. The van der Waals surface area contributed by atoms with E-state index in [1.807, 2.05) is 0 Å². The van der Waals surface area contributed by atoms with E-state index in [0.717, 1.165) is 4.47 Å². The molecule has 1 aromatic carbocycles. The maximum absolute atomic E-state index is 11.7. The second-order valence-corrected chi connectivity index (χ2v) is 4.71. The number of rotatable bonds is 3. The largest absolute Gasteiger partial charge is 0.326 e. The van der Waals surface area contributed by atoms with Gasteiger partial charge in [-0.2, -0.15) is 0 Å². The zero-order valence-corrected chi connectivity index (χ0v) is 10.8. The minimum atomic E-state index is -0.958. The topological polar surface area (TPSA) is 87.3 Å². The van der Waals surface area contributed by atoms with E-state index in [1.54, 1.807) is 24.3 Å². The fraction of sp³-hybridized carbons (Fsp3) is 0.182. The zero-order valence-electron chi connectivity index (χ0n) is 9.20.